The average Bonchev–Trinajstić information content (AvgIpc) is 3.49. The summed E-state index contributed by atoms with van der Waals surface area (Å²) in [5, 5.41) is 16.7. The highest BCUT2D eigenvalue weighted by molar-refractivity contribution is 6.25. The number of hydrogen-bond donors (Lipinski definition) is 4. The highest BCUT2D eigenvalue weighted by Gasteiger charge is 2.31. The quantitative estimate of drug-likeness (QED) is 0.0456. The standard InChI is InChI=1S/C39H45N5O10/c40-42-25-28(45)14-15-34(44-39(50)54-26-33-31-12-6-4-10-29(31)30-11-5-7-13-32(30)33)38(49)43-35(24-27-8-2-1-3-9-27)37(48)41-17-19-52-21-23-53-22-20-51-18-16-36(46)47/h1-13,25,33-35H,14-24,26H2,(H,41,48)(H,43,49)(H,44,50)(H,46,47). The zero-order valence-electron chi connectivity index (χ0n) is 29.8. The minimum atomic E-state index is -1.27. The summed E-state index contributed by atoms with van der Waals surface area (Å²) in [6, 6.07) is 22.5. The van der Waals surface area contributed by atoms with Gasteiger partial charge < -0.3 is 45.5 Å². The predicted octanol–water partition coefficient (Wildman–Crippen LogP) is 2.91. The molecule has 1 aliphatic rings. The molecule has 15 nitrogen and oxygen atoms in total. The van der Waals surface area contributed by atoms with E-state index >= 15 is 0 Å². The number of alkyl carbamates (subject to hydrolysis) is 1. The lowest BCUT2D eigenvalue weighted by molar-refractivity contribution is -0.138. The summed E-state index contributed by atoms with van der Waals surface area (Å²) in [5.74, 6) is -2.93. The molecule has 0 aromatic heterocycles. The van der Waals surface area contributed by atoms with Crippen molar-refractivity contribution < 1.29 is 52.8 Å². The minimum Gasteiger partial charge on any atom is -0.481 e. The van der Waals surface area contributed by atoms with E-state index in [0.29, 0.717) is 6.21 Å². The van der Waals surface area contributed by atoms with Crippen LogP contribution in [0.25, 0.3) is 16.7 Å². The van der Waals surface area contributed by atoms with Gasteiger partial charge in [-0.2, -0.15) is 4.79 Å². The van der Waals surface area contributed by atoms with E-state index in [0.717, 1.165) is 27.8 Å². The molecule has 0 fully saturated rings. The van der Waals surface area contributed by atoms with Gasteiger partial charge in [-0.25, -0.2) is 4.79 Å². The highest BCUT2D eigenvalue weighted by atomic mass is 16.6. The molecular weight excluding hydrogens is 698 g/mol. The van der Waals surface area contributed by atoms with Crippen LogP contribution in [0.15, 0.2) is 78.9 Å². The van der Waals surface area contributed by atoms with Crippen LogP contribution in [0.2, 0.25) is 0 Å². The number of rotatable bonds is 24. The van der Waals surface area contributed by atoms with Crippen LogP contribution < -0.4 is 16.0 Å². The van der Waals surface area contributed by atoms with Gasteiger partial charge in [-0.05, 0) is 34.2 Å². The number of nitrogens with one attached hydrogen (secondary N) is 3. The maximum atomic E-state index is 13.7. The van der Waals surface area contributed by atoms with Crippen molar-refractivity contribution in [2.45, 2.75) is 43.7 Å². The second-order valence-corrected chi connectivity index (χ2v) is 12.3. The number of ether oxygens (including phenoxy) is 4. The van der Waals surface area contributed by atoms with E-state index in [4.69, 9.17) is 29.6 Å². The molecule has 4 N–H and O–H groups in total. The zero-order chi connectivity index (χ0) is 38.5. The lowest BCUT2D eigenvalue weighted by Crippen LogP contribution is -2.55. The van der Waals surface area contributed by atoms with Gasteiger partial charge in [0.05, 0.1) is 46.1 Å². The summed E-state index contributed by atoms with van der Waals surface area (Å²) in [5.41, 5.74) is 13.7. The number of hydrogen-bond acceptors (Lipinski definition) is 9. The van der Waals surface area contributed by atoms with E-state index in [1.165, 1.54) is 0 Å². The number of carbonyl (C=O) groups excluding carboxylic acids is 4. The Hall–Kier alpha value is -5.73. The average molecular weight is 744 g/mol. The van der Waals surface area contributed by atoms with Crippen LogP contribution in [0.3, 0.4) is 0 Å². The third-order valence-electron chi connectivity index (χ3n) is 8.50. The van der Waals surface area contributed by atoms with Crippen LogP contribution in [0.4, 0.5) is 4.79 Å². The Balaban J connectivity index is 1.32. The molecule has 0 saturated heterocycles. The molecule has 0 aliphatic heterocycles. The largest absolute Gasteiger partial charge is 0.481 e. The molecule has 54 heavy (non-hydrogen) atoms. The first-order valence-corrected chi connectivity index (χ1v) is 17.7. The van der Waals surface area contributed by atoms with Crippen molar-refractivity contribution in [1.82, 2.24) is 16.0 Å². The van der Waals surface area contributed by atoms with E-state index in [9.17, 15) is 24.0 Å². The van der Waals surface area contributed by atoms with E-state index in [1.807, 2.05) is 66.7 Å². The zero-order valence-corrected chi connectivity index (χ0v) is 29.8. The van der Waals surface area contributed by atoms with Gasteiger partial charge in [-0.15, -0.1) is 0 Å². The Labute approximate surface area is 312 Å². The molecule has 0 bridgehead atoms. The van der Waals surface area contributed by atoms with Crippen molar-refractivity contribution in [3.8, 4) is 11.1 Å². The molecule has 3 aromatic rings. The molecule has 3 amide bonds. The first-order chi connectivity index (χ1) is 26.3. The van der Waals surface area contributed by atoms with Gasteiger partial charge in [0.15, 0.2) is 0 Å². The topological polar surface area (TPSA) is 215 Å². The molecule has 4 rings (SSSR count). The summed E-state index contributed by atoms with van der Waals surface area (Å²) in [6.07, 6.45) is -0.510. The number of carbonyl (C=O) groups is 5. The number of fused-ring (bicyclic) bond motifs is 3. The predicted molar refractivity (Wildman–Crippen MR) is 196 cm³/mol. The second-order valence-electron chi connectivity index (χ2n) is 12.3. The fourth-order valence-corrected chi connectivity index (χ4v) is 5.87. The number of carboxylic acids is 1. The number of amides is 3. The maximum Gasteiger partial charge on any atom is 0.407 e. The lowest BCUT2D eigenvalue weighted by atomic mass is 9.98. The number of carboxylic acid groups (broad SMARTS) is 1. The van der Waals surface area contributed by atoms with Crippen LogP contribution >= 0.6 is 0 Å². The molecule has 2 atom stereocenters. The molecule has 0 spiro atoms. The number of benzene rings is 3. The maximum absolute atomic E-state index is 13.7. The summed E-state index contributed by atoms with van der Waals surface area (Å²) in [7, 11) is 0. The Kier molecular flexibility index (Phi) is 17.0. The molecule has 0 saturated carbocycles. The van der Waals surface area contributed by atoms with Crippen molar-refractivity contribution in [3.05, 3.63) is 101 Å². The molecule has 15 heteroatoms. The van der Waals surface area contributed by atoms with Crippen molar-refractivity contribution in [2.75, 3.05) is 52.8 Å². The third kappa shape index (κ3) is 13.4. The second kappa shape index (κ2) is 22.4. The first kappa shape index (κ1) is 41.0. The number of ketones is 1. The smallest absolute Gasteiger partial charge is 0.407 e. The molecular formula is C39H45N5O10. The Morgan fingerprint density at radius 2 is 1.31 bits per heavy atom. The molecule has 0 radical (unpaired) electrons. The van der Waals surface area contributed by atoms with E-state index in [2.05, 4.69) is 20.7 Å². The van der Waals surface area contributed by atoms with Gasteiger partial charge in [0, 0.05) is 25.3 Å². The van der Waals surface area contributed by atoms with Gasteiger partial charge in [-0.1, -0.05) is 78.9 Å². The highest BCUT2D eigenvalue weighted by Crippen LogP contribution is 2.44. The minimum absolute atomic E-state index is 0.000543. The molecule has 0 heterocycles. The van der Waals surface area contributed by atoms with Crippen molar-refractivity contribution >= 4 is 35.9 Å². The number of Topliss-reactive ketones (excluding diaryl/α,β-unsaturated/α-hetero) is 1. The molecule has 1 aliphatic carbocycles. The van der Waals surface area contributed by atoms with Gasteiger partial charge >= 0.3 is 18.3 Å². The summed E-state index contributed by atoms with van der Waals surface area (Å²) < 4.78 is 21.7. The fourth-order valence-electron chi connectivity index (χ4n) is 5.87. The summed E-state index contributed by atoms with van der Waals surface area (Å²) >= 11 is 0. The molecule has 2 unspecified atom stereocenters. The summed E-state index contributed by atoms with van der Waals surface area (Å²) in [6.45, 7) is 1.46. The van der Waals surface area contributed by atoms with Crippen LogP contribution in [-0.4, -0.2) is 111 Å². The monoisotopic (exact) mass is 743 g/mol. The summed E-state index contributed by atoms with van der Waals surface area (Å²) in [4.78, 5) is 65.7. The van der Waals surface area contributed by atoms with Gasteiger partial charge in [0.25, 0.3) is 0 Å². The van der Waals surface area contributed by atoms with Crippen LogP contribution in [0.1, 0.15) is 41.9 Å². The van der Waals surface area contributed by atoms with Crippen molar-refractivity contribution in [2.24, 2.45) is 0 Å². The molecule has 3 aromatic carbocycles. The van der Waals surface area contributed by atoms with Gasteiger partial charge in [-0.3, -0.25) is 19.2 Å². The van der Waals surface area contributed by atoms with Crippen LogP contribution in [0, 0.1) is 0 Å². The Morgan fingerprint density at radius 3 is 1.94 bits per heavy atom. The number of nitrogens with zero attached hydrogens (tertiary/aromatic N) is 2. The van der Waals surface area contributed by atoms with E-state index < -0.39 is 41.7 Å². The Morgan fingerprint density at radius 1 is 0.722 bits per heavy atom. The third-order valence-corrected chi connectivity index (χ3v) is 8.50. The fraction of sp³-hybridized carbons (Fsp3) is 0.385. The lowest BCUT2D eigenvalue weighted by Gasteiger charge is -2.23. The number of aliphatic carboxylic acids is 1. The first-order valence-electron chi connectivity index (χ1n) is 17.7. The van der Waals surface area contributed by atoms with Crippen LogP contribution in [-0.2, 0) is 44.5 Å². The van der Waals surface area contributed by atoms with E-state index in [1.54, 1.807) is 12.1 Å². The van der Waals surface area contributed by atoms with Crippen molar-refractivity contribution in [3.63, 3.8) is 0 Å². The van der Waals surface area contributed by atoms with Gasteiger partial charge in [0.1, 0.15) is 18.7 Å². The van der Waals surface area contributed by atoms with Crippen molar-refractivity contribution in [1.29, 1.82) is 0 Å². The SMILES string of the molecule is [N-]=[N+]=CC(=O)CCC(NC(=O)OCC1c2ccccc2-c2ccccc21)C(=O)NC(Cc1ccccc1)C(=O)NCCOCCOCCOCCC(=O)O. The van der Waals surface area contributed by atoms with Crippen LogP contribution in [0.5, 0.6) is 0 Å². The van der Waals surface area contributed by atoms with Gasteiger partial charge in [0.2, 0.25) is 17.6 Å². The van der Waals surface area contributed by atoms with E-state index in [-0.39, 0.29) is 84.4 Å². The molecule has 286 valence electrons. The normalized spacial score (nSPS) is 12.7. The Bertz CT molecular complexity index is 1720.